The van der Waals surface area contributed by atoms with Gasteiger partial charge in [0.15, 0.2) is 0 Å². The molecule has 2 aromatic rings. The van der Waals surface area contributed by atoms with E-state index in [1.165, 1.54) is 4.90 Å². The van der Waals surface area contributed by atoms with Crippen molar-refractivity contribution in [2.45, 2.75) is 46.3 Å². The van der Waals surface area contributed by atoms with Crippen LogP contribution in [-0.2, 0) is 17.9 Å². The van der Waals surface area contributed by atoms with Crippen LogP contribution in [0.3, 0.4) is 0 Å². The van der Waals surface area contributed by atoms with Crippen LogP contribution in [0.15, 0.2) is 41.6 Å². The van der Waals surface area contributed by atoms with Gasteiger partial charge in [0.2, 0.25) is 0 Å². The largest absolute Gasteiger partial charge is 0.487 e. The van der Waals surface area contributed by atoms with Gasteiger partial charge in [-0.1, -0.05) is 29.4 Å². The fourth-order valence-electron chi connectivity index (χ4n) is 3.42. The summed E-state index contributed by atoms with van der Waals surface area (Å²) in [4.78, 5) is 19.2. The minimum Gasteiger partial charge on any atom is -0.487 e. The molecule has 2 amide bonds. The average molecular weight is 396 g/mol. The summed E-state index contributed by atoms with van der Waals surface area (Å²) in [5, 5.41) is 7.25. The van der Waals surface area contributed by atoms with Crippen molar-refractivity contribution in [3.05, 3.63) is 58.7 Å². The number of anilines is 1. The highest BCUT2D eigenvalue weighted by molar-refractivity contribution is 6.00. The number of urea groups is 1. The van der Waals surface area contributed by atoms with Gasteiger partial charge in [0.05, 0.1) is 5.71 Å². The molecule has 0 bridgehead atoms. The van der Waals surface area contributed by atoms with Crippen LogP contribution in [0.25, 0.3) is 0 Å². The maximum atomic E-state index is 12.0. The maximum absolute atomic E-state index is 12.0. The van der Waals surface area contributed by atoms with Crippen molar-refractivity contribution in [1.29, 1.82) is 0 Å². The summed E-state index contributed by atoms with van der Waals surface area (Å²) in [5.41, 5.74) is 5.46. The number of benzene rings is 2. The van der Waals surface area contributed by atoms with Gasteiger partial charge in [0.1, 0.15) is 18.0 Å². The Balaban J connectivity index is 1.76. The summed E-state index contributed by atoms with van der Waals surface area (Å²) >= 11 is 0. The van der Waals surface area contributed by atoms with E-state index in [1.54, 1.807) is 14.1 Å². The third kappa shape index (κ3) is 4.70. The second-order valence-corrected chi connectivity index (χ2v) is 8.20. The lowest BCUT2D eigenvalue weighted by atomic mass is 9.95. The van der Waals surface area contributed by atoms with E-state index < -0.39 is 0 Å². The van der Waals surface area contributed by atoms with Crippen LogP contribution in [0.2, 0.25) is 0 Å². The van der Waals surface area contributed by atoms with E-state index in [2.05, 4.69) is 24.3 Å². The fourth-order valence-corrected chi connectivity index (χ4v) is 3.42. The van der Waals surface area contributed by atoms with Gasteiger partial charge in [-0.3, -0.25) is 0 Å². The predicted molar refractivity (Wildman–Crippen MR) is 116 cm³/mol. The van der Waals surface area contributed by atoms with Crippen LogP contribution < -0.4 is 10.1 Å². The molecule has 1 aliphatic rings. The first-order valence-corrected chi connectivity index (χ1v) is 9.72. The third-order valence-corrected chi connectivity index (χ3v) is 4.98. The third-order valence-electron chi connectivity index (χ3n) is 4.98. The number of hydrogen-bond acceptors (Lipinski definition) is 4. The Morgan fingerprint density at radius 3 is 2.69 bits per heavy atom. The highest BCUT2D eigenvalue weighted by Crippen LogP contribution is 2.37. The molecule has 0 radical (unpaired) electrons. The summed E-state index contributed by atoms with van der Waals surface area (Å²) in [6.07, 6.45) is 0.837. The van der Waals surface area contributed by atoms with Crippen LogP contribution in [0, 0.1) is 6.92 Å². The van der Waals surface area contributed by atoms with E-state index >= 15 is 0 Å². The minimum absolute atomic E-state index is 0.181. The standard InChI is InChI=1S/C23H29N3O3/c1-15-9-7-11-20(24-22(27)26(5)6)19(15)14-28-25-16(2)17-10-8-12-21-18(17)13-23(3,4)29-21/h7-12H,13-14H2,1-6H3,(H,24,27)/b25-16+. The Hall–Kier alpha value is -3.02. The fraction of sp³-hybridized carbons (Fsp3) is 0.391. The Labute approximate surface area is 172 Å². The van der Waals surface area contributed by atoms with Crippen molar-refractivity contribution in [2.24, 2.45) is 5.16 Å². The molecule has 1 aliphatic heterocycles. The lowest BCUT2D eigenvalue weighted by molar-refractivity contribution is 0.130. The van der Waals surface area contributed by atoms with Gasteiger partial charge in [-0.15, -0.1) is 0 Å². The second-order valence-electron chi connectivity index (χ2n) is 8.20. The van der Waals surface area contributed by atoms with E-state index in [-0.39, 0.29) is 18.2 Å². The molecule has 1 heterocycles. The van der Waals surface area contributed by atoms with Crippen LogP contribution in [-0.4, -0.2) is 36.3 Å². The molecule has 6 nitrogen and oxygen atoms in total. The number of rotatable bonds is 5. The van der Waals surface area contributed by atoms with Crippen LogP contribution in [0.4, 0.5) is 10.5 Å². The first-order valence-electron chi connectivity index (χ1n) is 9.72. The lowest BCUT2D eigenvalue weighted by Crippen LogP contribution is -2.27. The monoisotopic (exact) mass is 395 g/mol. The molecule has 1 N–H and O–H groups in total. The van der Waals surface area contributed by atoms with Crippen LogP contribution in [0.5, 0.6) is 5.75 Å². The number of oxime groups is 1. The van der Waals surface area contributed by atoms with Crippen molar-refractivity contribution < 1.29 is 14.4 Å². The van der Waals surface area contributed by atoms with E-state index in [1.807, 2.05) is 50.2 Å². The van der Waals surface area contributed by atoms with Crippen molar-refractivity contribution in [3.8, 4) is 5.75 Å². The summed E-state index contributed by atoms with van der Waals surface area (Å²) < 4.78 is 6.01. The average Bonchev–Trinajstić information content (AvgIpc) is 2.97. The molecule has 0 saturated carbocycles. The summed E-state index contributed by atoms with van der Waals surface area (Å²) in [6.45, 7) is 8.37. The Bertz CT molecular complexity index is 948. The van der Waals surface area contributed by atoms with Gasteiger partial charge in [-0.2, -0.15) is 0 Å². The van der Waals surface area contributed by atoms with Crippen molar-refractivity contribution in [3.63, 3.8) is 0 Å². The van der Waals surface area contributed by atoms with Gasteiger partial charge >= 0.3 is 6.03 Å². The molecule has 3 rings (SSSR count). The summed E-state index contributed by atoms with van der Waals surface area (Å²) in [6, 6.07) is 11.6. The minimum atomic E-state index is -0.208. The van der Waals surface area contributed by atoms with Gasteiger partial charge in [-0.25, -0.2) is 4.79 Å². The Morgan fingerprint density at radius 2 is 1.97 bits per heavy atom. The lowest BCUT2D eigenvalue weighted by Gasteiger charge is -2.16. The molecule has 154 valence electrons. The van der Waals surface area contributed by atoms with Crippen molar-refractivity contribution >= 4 is 17.4 Å². The quantitative estimate of drug-likeness (QED) is 0.587. The molecule has 0 aromatic heterocycles. The normalized spacial score (nSPS) is 14.8. The molecule has 6 heteroatoms. The second kappa shape index (κ2) is 8.15. The van der Waals surface area contributed by atoms with Crippen LogP contribution in [0.1, 0.15) is 43.0 Å². The van der Waals surface area contributed by atoms with E-state index in [4.69, 9.17) is 9.57 Å². The number of amides is 2. The summed E-state index contributed by atoms with van der Waals surface area (Å²) in [7, 11) is 3.41. The van der Waals surface area contributed by atoms with Gasteiger partial charge in [0.25, 0.3) is 0 Å². The van der Waals surface area contributed by atoms with Crippen molar-refractivity contribution in [1.82, 2.24) is 4.90 Å². The van der Waals surface area contributed by atoms with Crippen molar-refractivity contribution in [2.75, 3.05) is 19.4 Å². The van der Waals surface area contributed by atoms with E-state index in [9.17, 15) is 4.79 Å². The molecule has 0 saturated heterocycles. The maximum Gasteiger partial charge on any atom is 0.321 e. The Kier molecular flexibility index (Phi) is 5.82. The molecule has 2 aromatic carbocycles. The highest BCUT2D eigenvalue weighted by Gasteiger charge is 2.32. The molecule has 0 atom stereocenters. The molecule has 0 aliphatic carbocycles. The number of aryl methyl sites for hydroxylation is 1. The number of nitrogens with zero attached hydrogens (tertiary/aromatic N) is 2. The zero-order chi connectivity index (χ0) is 21.2. The van der Waals surface area contributed by atoms with Gasteiger partial charge in [0, 0.05) is 42.9 Å². The number of carbonyl (C=O) groups is 1. The smallest absolute Gasteiger partial charge is 0.321 e. The predicted octanol–water partition coefficient (Wildman–Crippen LogP) is 4.74. The zero-order valence-corrected chi connectivity index (χ0v) is 18.0. The number of nitrogens with one attached hydrogen (secondary N) is 1. The number of carbonyl (C=O) groups excluding carboxylic acids is 1. The van der Waals surface area contributed by atoms with Gasteiger partial charge in [-0.05, 0) is 45.4 Å². The number of fused-ring (bicyclic) bond motifs is 1. The molecule has 0 unspecified atom stereocenters. The topological polar surface area (TPSA) is 63.2 Å². The summed E-state index contributed by atoms with van der Waals surface area (Å²) in [5.74, 6) is 0.912. The van der Waals surface area contributed by atoms with Crippen LogP contribution >= 0.6 is 0 Å². The number of ether oxygens (including phenoxy) is 1. The van der Waals surface area contributed by atoms with E-state index in [0.29, 0.717) is 0 Å². The first kappa shape index (κ1) is 20.7. The molecule has 29 heavy (non-hydrogen) atoms. The molecule has 0 spiro atoms. The van der Waals surface area contributed by atoms with Gasteiger partial charge < -0.3 is 19.8 Å². The SMILES string of the molecule is C/C(=N\OCc1c(C)cccc1NC(=O)N(C)C)c1cccc2c1CC(C)(C)O2. The first-order chi connectivity index (χ1) is 13.7. The molecular formula is C23H29N3O3. The zero-order valence-electron chi connectivity index (χ0n) is 18.0. The van der Waals surface area contributed by atoms with E-state index in [0.717, 1.165) is 45.8 Å². The molecular weight excluding hydrogens is 366 g/mol. The molecule has 0 fully saturated rings. The number of hydrogen-bond donors (Lipinski definition) is 1. The highest BCUT2D eigenvalue weighted by atomic mass is 16.6. The Morgan fingerprint density at radius 1 is 1.24 bits per heavy atom.